The maximum Gasteiger partial charge on any atom is 0.269 e. The van der Waals surface area contributed by atoms with Gasteiger partial charge in [0, 0.05) is 19.4 Å². The van der Waals surface area contributed by atoms with E-state index in [4.69, 9.17) is 9.78 Å². The van der Waals surface area contributed by atoms with Gasteiger partial charge in [-0.05, 0) is 11.4 Å². The molecule has 0 unspecified atom stereocenters. The standard InChI is InChI=1S/C11H7N5OS/c1-16-4-3-13-10(16)9-14-11(17-15-9)8-7(6-12)2-5-18-8/h2-5H,1H3. The Hall–Kier alpha value is -2.46. The van der Waals surface area contributed by atoms with Crippen molar-refractivity contribution in [3.05, 3.63) is 29.4 Å². The van der Waals surface area contributed by atoms with Crippen LogP contribution >= 0.6 is 11.3 Å². The first-order chi connectivity index (χ1) is 8.79. The van der Waals surface area contributed by atoms with Crippen LogP contribution in [-0.4, -0.2) is 19.7 Å². The van der Waals surface area contributed by atoms with Gasteiger partial charge in [-0.3, -0.25) is 0 Å². The fourth-order valence-electron chi connectivity index (χ4n) is 1.55. The van der Waals surface area contributed by atoms with Crippen LogP contribution in [0.4, 0.5) is 0 Å². The second-order valence-corrected chi connectivity index (χ2v) is 4.48. The van der Waals surface area contributed by atoms with Crippen LogP contribution in [-0.2, 0) is 7.05 Å². The predicted molar refractivity (Wildman–Crippen MR) is 64.5 cm³/mol. The summed E-state index contributed by atoms with van der Waals surface area (Å²) < 4.78 is 6.98. The van der Waals surface area contributed by atoms with Crippen molar-refractivity contribution in [1.82, 2.24) is 19.7 Å². The smallest absolute Gasteiger partial charge is 0.269 e. The van der Waals surface area contributed by atoms with Crippen molar-refractivity contribution in [2.75, 3.05) is 0 Å². The van der Waals surface area contributed by atoms with E-state index in [1.807, 2.05) is 12.4 Å². The molecule has 3 rings (SSSR count). The van der Waals surface area contributed by atoms with Gasteiger partial charge in [-0.1, -0.05) is 5.16 Å². The molecule has 3 aromatic rings. The molecule has 0 saturated carbocycles. The van der Waals surface area contributed by atoms with Crippen LogP contribution in [0.2, 0.25) is 0 Å². The molecule has 0 atom stereocenters. The molecule has 88 valence electrons. The van der Waals surface area contributed by atoms with Gasteiger partial charge in [0.05, 0.1) is 5.56 Å². The summed E-state index contributed by atoms with van der Waals surface area (Å²) in [7, 11) is 1.85. The van der Waals surface area contributed by atoms with Crippen molar-refractivity contribution in [2.24, 2.45) is 7.05 Å². The summed E-state index contributed by atoms with van der Waals surface area (Å²) in [6.45, 7) is 0. The predicted octanol–water partition coefficient (Wildman–Crippen LogP) is 2.07. The van der Waals surface area contributed by atoms with Crippen LogP contribution < -0.4 is 0 Å². The van der Waals surface area contributed by atoms with E-state index in [-0.39, 0.29) is 0 Å². The number of thiophene rings is 1. The van der Waals surface area contributed by atoms with Gasteiger partial charge in [-0.2, -0.15) is 10.2 Å². The highest BCUT2D eigenvalue weighted by atomic mass is 32.1. The molecule has 0 fully saturated rings. The molecule has 0 aliphatic rings. The summed E-state index contributed by atoms with van der Waals surface area (Å²) in [5.41, 5.74) is 0.537. The molecule has 0 amide bonds. The number of hydrogen-bond acceptors (Lipinski definition) is 6. The van der Waals surface area contributed by atoms with E-state index >= 15 is 0 Å². The Kier molecular flexibility index (Phi) is 2.42. The largest absolute Gasteiger partial charge is 0.333 e. The monoisotopic (exact) mass is 257 g/mol. The molecule has 0 aliphatic carbocycles. The third-order valence-electron chi connectivity index (χ3n) is 2.43. The van der Waals surface area contributed by atoms with Gasteiger partial charge in [-0.25, -0.2) is 4.98 Å². The summed E-state index contributed by atoms with van der Waals surface area (Å²) in [5, 5.41) is 14.7. The van der Waals surface area contributed by atoms with Crippen molar-refractivity contribution in [3.63, 3.8) is 0 Å². The topological polar surface area (TPSA) is 80.5 Å². The Morgan fingerprint density at radius 1 is 1.50 bits per heavy atom. The molecular formula is C11H7N5OS. The van der Waals surface area contributed by atoms with Crippen LogP contribution in [0.25, 0.3) is 22.4 Å². The lowest BCUT2D eigenvalue weighted by Crippen LogP contribution is -1.92. The van der Waals surface area contributed by atoms with Gasteiger partial charge < -0.3 is 9.09 Å². The van der Waals surface area contributed by atoms with Crippen molar-refractivity contribution in [3.8, 4) is 28.5 Å². The highest BCUT2D eigenvalue weighted by molar-refractivity contribution is 7.13. The molecule has 0 aromatic carbocycles. The minimum atomic E-state index is 0.347. The number of hydrogen-bond donors (Lipinski definition) is 0. The Morgan fingerprint density at radius 3 is 3.11 bits per heavy atom. The van der Waals surface area contributed by atoms with E-state index in [0.717, 1.165) is 0 Å². The first kappa shape index (κ1) is 10.7. The van der Waals surface area contributed by atoms with E-state index in [1.54, 1.807) is 23.0 Å². The summed E-state index contributed by atoms with van der Waals surface area (Å²) in [6.07, 6.45) is 3.47. The molecule has 6 nitrogen and oxygen atoms in total. The van der Waals surface area contributed by atoms with Crippen LogP contribution in [0.5, 0.6) is 0 Å². The van der Waals surface area contributed by atoms with Gasteiger partial charge in [0.15, 0.2) is 5.82 Å². The molecule has 0 radical (unpaired) electrons. The summed E-state index contributed by atoms with van der Waals surface area (Å²) in [6, 6.07) is 3.82. The maximum atomic E-state index is 8.95. The molecule has 3 heterocycles. The van der Waals surface area contributed by atoms with E-state index in [1.165, 1.54) is 11.3 Å². The van der Waals surface area contributed by atoms with Crippen LogP contribution in [0.3, 0.4) is 0 Å². The Bertz CT molecular complexity index is 733. The fourth-order valence-corrected chi connectivity index (χ4v) is 2.32. The number of nitrogens with zero attached hydrogens (tertiary/aromatic N) is 5. The lowest BCUT2D eigenvalue weighted by atomic mass is 10.3. The average Bonchev–Trinajstić information content (AvgIpc) is 3.06. The van der Waals surface area contributed by atoms with Gasteiger partial charge >= 0.3 is 0 Å². The van der Waals surface area contributed by atoms with Crippen molar-refractivity contribution >= 4 is 11.3 Å². The zero-order chi connectivity index (χ0) is 12.5. The normalized spacial score (nSPS) is 10.4. The SMILES string of the molecule is Cn1ccnc1-c1noc(-c2sccc2C#N)n1. The van der Waals surface area contributed by atoms with Gasteiger partial charge in [-0.15, -0.1) is 11.3 Å². The molecule has 3 aromatic heterocycles. The van der Waals surface area contributed by atoms with E-state index in [0.29, 0.717) is 28.0 Å². The van der Waals surface area contributed by atoms with Crippen LogP contribution in [0.1, 0.15) is 5.56 Å². The Labute approximate surface area is 106 Å². The number of rotatable bonds is 2. The molecule has 0 aliphatic heterocycles. The molecular weight excluding hydrogens is 250 g/mol. The minimum absolute atomic E-state index is 0.347. The van der Waals surface area contributed by atoms with Gasteiger partial charge in [0.2, 0.25) is 5.82 Å². The maximum absolute atomic E-state index is 8.95. The van der Waals surface area contributed by atoms with E-state index < -0.39 is 0 Å². The highest BCUT2D eigenvalue weighted by Gasteiger charge is 2.17. The number of aromatic nitrogens is 4. The molecule has 0 saturated heterocycles. The van der Waals surface area contributed by atoms with Crippen molar-refractivity contribution in [2.45, 2.75) is 0 Å². The first-order valence-electron chi connectivity index (χ1n) is 5.09. The third-order valence-corrected chi connectivity index (χ3v) is 3.33. The lowest BCUT2D eigenvalue weighted by molar-refractivity contribution is 0.432. The Morgan fingerprint density at radius 2 is 2.39 bits per heavy atom. The Balaban J connectivity index is 2.06. The summed E-state index contributed by atoms with van der Waals surface area (Å²) >= 11 is 1.40. The zero-order valence-electron chi connectivity index (χ0n) is 9.36. The minimum Gasteiger partial charge on any atom is -0.333 e. The quantitative estimate of drug-likeness (QED) is 0.702. The molecule has 18 heavy (non-hydrogen) atoms. The number of nitriles is 1. The second kappa shape index (κ2) is 4.09. The van der Waals surface area contributed by atoms with E-state index in [2.05, 4.69) is 21.2 Å². The summed E-state index contributed by atoms with van der Waals surface area (Å²) in [5.74, 6) is 1.38. The van der Waals surface area contributed by atoms with Crippen LogP contribution in [0, 0.1) is 11.3 Å². The van der Waals surface area contributed by atoms with Crippen molar-refractivity contribution in [1.29, 1.82) is 5.26 Å². The number of aryl methyl sites for hydroxylation is 1. The lowest BCUT2D eigenvalue weighted by Gasteiger charge is -1.92. The molecule has 7 heteroatoms. The highest BCUT2D eigenvalue weighted by Crippen LogP contribution is 2.28. The van der Waals surface area contributed by atoms with Gasteiger partial charge in [0.1, 0.15) is 10.9 Å². The molecule has 0 N–H and O–H groups in total. The van der Waals surface area contributed by atoms with Gasteiger partial charge in [0.25, 0.3) is 5.89 Å². The molecule has 0 spiro atoms. The van der Waals surface area contributed by atoms with Crippen LogP contribution in [0.15, 0.2) is 28.4 Å². The third kappa shape index (κ3) is 1.59. The van der Waals surface area contributed by atoms with Crippen molar-refractivity contribution < 1.29 is 4.52 Å². The number of imidazole rings is 1. The zero-order valence-corrected chi connectivity index (χ0v) is 10.2. The molecule has 0 bridgehead atoms. The average molecular weight is 257 g/mol. The first-order valence-corrected chi connectivity index (χ1v) is 5.97. The van der Waals surface area contributed by atoms with E-state index in [9.17, 15) is 0 Å². The summed E-state index contributed by atoms with van der Waals surface area (Å²) in [4.78, 5) is 9.09. The fraction of sp³-hybridized carbons (Fsp3) is 0.0909. The second-order valence-electron chi connectivity index (χ2n) is 3.56.